The van der Waals surface area contributed by atoms with Crippen molar-refractivity contribution >= 4 is 0 Å². The number of nitrogens with zero attached hydrogens (tertiary/aromatic N) is 12. The molecular weight excluding hydrogens is 1100 g/mol. The third kappa shape index (κ3) is 54.9. The Morgan fingerprint density at radius 2 is 0.456 bits per heavy atom. The molecule has 0 spiro atoms. The van der Waals surface area contributed by atoms with Gasteiger partial charge in [-0.15, -0.1) is 38.2 Å². The second-order valence-corrected chi connectivity index (χ2v) is 29.8. The first-order chi connectivity index (χ1) is 43.0. The molecule has 0 amide bonds. The second-order valence-electron chi connectivity index (χ2n) is 29.8. The molecule has 0 aliphatic heterocycles. The van der Waals surface area contributed by atoms with Crippen LogP contribution in [0, 0.1) is 57.2 Å². The van der Waals surface area contributed by atoms with Gasteiger partial charge in [0, 0.05) is 86.5 Å². The zero-order valence-corrected chi connectivity index (χ0v) is 61.8. The topological polar surface area (TPSA) is 123 Å². The van der Waals surface area contributed by atoms with E-state index in [9.17, 15) is 0 Å². The number of unbranched alkanes of at least 4 members (excludes halogenated alkanes) is 31. The summed E-state index contributed by atoms with van der Waals surface area (Å²) in [5.74, 6) is 19.8. The Balaban J connectivity index is 0.000000601. The van der Waals surface area contributed by atoms with Crippen molar-refractivity contribution in [2.24, 2.45) is 21.7 Å². The van der Waals surface area contributed by atoms with Crippen LogP contribution in [-0.2, 0) is 51.9 Å². The summed E-state index contributed by atoms with van der Waals surface area (Å²) < 4.78 is 7.94. The highest BCUT2D eigenvalue weighted by molar-refractivity contribution is 5.08. The van der Waals surface area contributed by atoms with Crippen molar-refractivity contribution in [3.05, 3.63) is 47.6 Å². The summed E-state index contributed by atoms with van der Waals surface area (Å²) in [6, 6.07) is 0. The monoisotopic (exact) mass is 1250 g/mol. The van der Waals surface area contributed by atoms with Crippen LogP contribution in [0.25, 0.3) is 0 Å². The third-order valence-electron chi connectivity index (χ3n) is 15.6. The van der Waals surface area contributed by atoms with Gasteiger partial charge in [-0.2, -0.15) is 0 Å². The standard InChI is InChI=1S/C22H39N3.C19H37N3.C19H33N3.C18H31N3/c1-5-21-20-25(24-23-21)19-17-15-13-11-9-7-6-8-10-12-14-16-18-22(2,3)4;2*1-5-18-17-22(21-20-18)16-14-12-10-8-6-7-9-11-13-15-19(2,3)4;1-5-17-16-21(20-19-17)15-13-11-9-7-6-8-10-12-14-18(2,3)4/h20H,5-15,17,19H2,1-4H3;17H,5-16H2,1-4H3;17H,5-12,14,16H2,1-4H3;16H,5-11,13,15H2,1-4H3. The zero-order valence-electron chi connectivity index (χ0n) is 61.8. The lowest BCUT2D eigenvalue weighted by Crippen LogP contribution is -2.03. The van der Waals surface area contributed by atoms with Gasteiger partial charge in [-0.25, -0.2) is 0 Å². The van der Waals surface area contributed by atoms with E-state index < -0.39 is 0 Å². The summed E-state index contributed by atoms with van der Waals surface area (Å²) in [4.78, 5) is 0. The molecule has 512 valence electrons. The van der Waals surface area contributed by atoms with Crippen LogP contribution >= 0.6 is 0 Å². The van der Waals surface area contributed by atoms with Crippen molar-refractivity contribution in [1.29, 1.82) is 0 Å². The minimum absolute atomic E-state index is 0.152. The molecule has 0 bridgehead atoms. The van der Waals surface area contributed by atoms with Crippen LogP contribution in [-0.4, -0.2) is 60.0 Å². The molecule has 0 N–H and O–H groups in total. The molecule has 4 heterocycles. The number of aryl methyl sites for hydroxylation is 8. The highest BCUT2D eigenvalue weighted by Crippen LogP contribution is 2.23. The average molecular weight is 1250 g/mol. The zero-order chi connectivity index (χ0) is 66.5. The van der Waals surface area contributed by atoms with E-state index in [1.54, 1.807) is 0 Å². The quantitative estimate of drug-likeness (QED) is 0.0317. The smallest absolute Gasteiger partial charge is 0.0824 e. The molecule has 0 saturated heterocycles. The fraction of sp³-hybridized carbons (Fsp3) is 0.821. The predicted molar refractivity (Wildman–Crippen MR) is 385 cm³/mol. The molecule has 0 aliphatic rings. The average Bonchev–Trinajstić information content (AvgIpc) is 4.48. The van der Waals surface area contributed by atoms with Crippen LogP contribution in [0.3, 0.4) is 0 Å². The van der Waals surface area contributed by atoms with Gasteiger partial charge in [0.25, 0.3) is 0 Å². The van der Waals surface area contributed by atoms with Crippen molar-refractivity contribution in [2.75, 3.05) is 0 Å². The first-order valence-electron chi connectivity index (χ1n) is 37.1. The lowest BCUT2D eigenvalue weighted by Gasteiger charge is -2.17. The van der Waals surface area contributed by atoms with Gasteiger partial charge in [-0.3, -0.25) is 18.7 Å². The second kappa shape index (κ2) is 52.7. The van der Waals surface area contributed by atoms with Crippen LogP contribution in [0.4, 0.5) is 0 Å². The minimum atomic E-state index is 0.152. The van der Waals surface area contributed by atoms with Gasteiger partial charge in [0.15, 0.2) is 0 Å². The molecule has 0 saturated carbocycles. The maximum atomic E-state index is 4.15. The van der Waals surface area contributed by atoms with Crippen molar-refractivity contribution in [1.82, 2.24) is 60.0 Å². The molecule has 0 atom stereocenters. The molecular formula is C78H140N12. The highest BCUT2D eigenvalue weighted by atomic mass is 15.4. The first-order valence-corrected chi connectivity index (χ1v) is 37.1. The number of rotatable bonds is 44. The van der Waals surface area contributed by atoms with E-state index in [2.05, 4.69) is 212 Å². The van der Waals surface area contributed by atoms with Gasteiger partial charge < -0.3 is 0 Å². The molecule has 90 heavy (non-hydrogen) atoms. The van der Waals surface area contributed by atoms with Crippen LogP contribution in [0.2, 0.25) is 0 Å². The van der Waals surface area contributed by atoms with Gasteiger partial charge in [-0.1, -0.05) is 248 Å². The van der Waals surface area contributed by atoms with Crippen LogP contribution in [0.5, 0.6) is 0 Å². The summed E-state index contributed by atoms with van der Waals surface area (Å²) >= 11 is 0. The molecule has 0 unspecified atom stereocenters. The van der Waals surface area contributed by atoms with Crippen LogP contribution in [0.1, 0.15) is 365 Å². The minimum Gasteiger partial charge on any atom is -0.252 e. The molecule has 4 aromatic heterocycles. The summed E-state index contributed by atoms with van der Waals surface area (Å²) in [6.07, 6.45) is 59.4. The summed E-state index contributed by atoms with van der Waals surface area (Å²) in [6.45, 7) is 39.1. The molecule has 0 aromatic carbocycles. The van der Waals surface area contributed by atoms with Crippen LogP contribution in [0.15, 0.2) is 24.8 Å². The fourth-order valence-corrected chi connectivity index (χ4v) is 10.1. The molecule has 12 heteroatoms. The largest absolute Gasteiger partial charge is 0.252 e. The normalized spacial score (nSPS) is 11.5. The Morgan fingerprint density at radius 3 is 0.633 bits per heavy atom. The van der Waals surface area contributed by atoms with Crippen molar-refractivity contribution in [3.63, 3.8) is 0 Å². The van der Waals surface area contributed by atoms with E-state index in [1.807, 2.05) is 18.7 Å². The molecule has 4 rings (SSSR count). The molecule has 4 aromatic rings. The summed E-state index contributed by atoms with van der Waals surface area (Å²) in [7, 11) is 0. The van der Waals surface area contributed by atoms with Gasteiger partial charge in [0.1, 0.15) is 0 Å². The Morgan fingerprint density at radius 1 is 0.267 bits per heavy atom. The fourth-order valence-electron chi connectivity index (χ4n) is 10.1. The highest BCUT2D eigenvalue weighted by Gasteiger charge is 2.10. The lowest BCUT2D eigenvalue weighted by molar-refractivity contribution is 0.356. The van der Waals surface area contributed by atoms with Crippen LogP contribution < -0.4 is 0 Å². The molecule has 0 radical (unpaired) electrons. The van der Waals surface area contributed by atoms with Gasteiger partial charge in [-0.05, 0) is 145 Å². The summed E-state index contributed by atoms with van der Waals surface area (Å²) in [5, 5.41) is 33.0. The Kier molecular flexibility index (Phi) is 48.7. The van der Waals surface area contributed by atoms with Gasteiger partial charge in [0.05, 0.1) is 22.8 Å². The van der Waals surface area contributed by atoms with Crippen molar-refractivity contribution in [2.45, 2.75) is 394 Å². The molecule has 0 aliphatic carbocycles. The third-order valence-corrected chi connectivity index (χ3v) is 15.6. The predicted octanol–water partition coefficient (Wildman–Crippen LogP) is 21.6. The van der Waals surface area contributed by atoms with E-state index in [-0.39, 0.29) is 16.2 Å². The molecule has 12 nitrogen and oxygen atoms in total. The SMILES string of the molecule is CCc1cn(CCCCCCCCC#CC(C)(C)C)nn1.CCc1cn(CCCCCCCCCC#CC(C)(C)C)nn1.CCc1cn(CCCCCCCCCCCC(C)(C)C)nn1.CCc1cn(CCCCCCCCCCCCC#CC(C)(C)C)nn1. The van der Waals surface area contributed by atoms with Crippen molar-refractivity contribution in [3.8, 4) is 35.5 Å². The van der Waals surface area contributed by atoms with Gasteiger partial charge >= 0.3 is 0 Å². The van der Waals surface area contributed by atoms with Gasteiger partial charge in [0.2, 0.25) is 0 Å². The molecule has 0 fully saturated rings. The van der Waals surface area contributed by atoms with E-state index in [0.717, 1.165) is 93.9 Å². The maximum Gasteiger partial charge on any atom is 0.0824 e. The Hall–Kier alpha value is -4.76. The lowest BCUT2D eigenvalue weighted by atomic mass is 9.89. The Bertz CT molecular complexity index is 2460. The number of aromatic nitrogens is 12. The summed E-state index contributed by atoms with van der Waals surface area (Å²) in [5.41, 5.74) is 5.37. The van der Waals surface area contributed by atoms with Crippen molar-refractivity contribution < 1.29 is 0 Å². The maximum absolute atomic E-state index is 4.15. The van der Waals surface area contributed by atoms with E-state index in [1.165, 1.54) is 212 Å². The number of hydrogen-bond acceptors (Lipinski definition) is 8. The Labute approximate surface area is 555 Å². The van der Waals surface area contributed by atoms with E-state index in [0.29, 0.717) is 5.41 Å². The number of hydrogen-bond donors (Lipinski definition) is 0. The van der Waals surface area contributed by atoms with E-state index in [4.69, 9.17) is 0 Å². The van der Waals surface area contributed by atoms with E-state index >= 15 is 0 Å². The first kappa shape index (κ1) is 83.3.